The zero-order valence-electron chi connectivity index (χ0n) is 17.8. The van der Waals surface area contributed by atoms with Crippen LogP contribution in [0.1, 0.15) is 40.1 Å². The average Bonchev–Trinajstić information content (AvgIpc) is 3.09. The number of halogens is 3. The van der Waals surface area contributed by atoms with E-state index in [-0.39, 0.29) is 12.3 Å². The maximum atomic E-state index is 13.0. The molecule has 2 heterocycles. The zero-order valence-corrected chi connectivity index (χ0v) is 17.8. The summed E-state index contributed by atoms with van der Waals surface area (Å²) in [4.78, 5) is 14.5. The summed E-state index contributed by atoms with van der Waals surface area (Å²) in [7, 11) is 0. The number of rotatable bonds is 5. The Morgan fingerprint density at radius 1 is 1.16 bits per heavy atom. The van der Waals surface area contributed by atoms with Crippen molar-refractivity contribution in [1.29, 1.82) is 0 Å². The highest BCUT2D eigenvalue weighted by atomic mass is 19.4. The molecule has 1 amide bonds. The number of carbonyl (C=O) groups is 1. The van der Waals surface area contributed by atoms with Gasteiger partial charge in [-0.2, -0.15) is 13.2 Å². The summed E-state index contributed by atoms with van der Waals surface area (Å²) in [5, 5.41) is 3.90. The lowest BCUT2D eigenvalue weighted by Crippen LogP contribution is -2.36. The molecule has 5 nitrogen and oxygen atoms in total. The highest BCUT2D eigenvalue weighted by Crippen LogP contribution is 2.35. The number of anilines is 1. The van der Waals surface area contributed by atoms with Gasteiger partial charge in [-0.25, -0.2) is 0 Å². The number of benzene rings is 2. The molecule has 1 aliphatic heterocycles. The molecule has 2 aromatic carbocycles. The van der Waals surface area contributed by atoms with E-state index >= 15 is 0 Å². The summed E-state index contributed by atoms with van der Waals surface area (Å²) >= 11 is 0. The lowest BCUT2D eigenvalue weighted by atomic mass is 9.98. The van der Waals surface area contributed by atoms with Gasteiger partial charge in [-0.3, -0.25) is 4.79 Å². The van der Waals surface area contributed by atoms with Crippen molar-refractivity contribution in [3.05, 3.63) is 76.2 Å². The molecule has 0 unspecified atom stereocenters. The predicted octanol–water partition coefficient (Wildman–Crippen LogP) is 5.41. The number of hydrogen-bond acceptors (Lipinski definition) is 4. The fourth-order valence-electron chi connectivity index (χ4n) is 3.87. The van der Waals surface area contributed by atoms with Crippen LogP contribution in [-0.2, 0) is 30.4 Å². The van der Waals surface area contributed by atoms with Gasteiger partial charge in [-0.05, 0) is 68.1 Å². The molecule has 1 aromatic heterocycles. The van der Waals surface area contributed by atoms with Crippen LogP contribution in [0.15, 0.2) is 47.0 Å². The normalized spacial score (nSPS) is 13.7. The van der Waals surface area contributed by atoms with Crippen molar-refractivity contribution in [2.75, 3.05) is 11.4 Å². The first-order chi connectivity index (χ1) is 15.2. The molecule has 0 aliphatic carbocycles. The van der Waals surface area contributed by atoms with Crippen molar-refractivity contribution in [1.82, 2.24) is 5.16 Å². The molecule has 4 rings (SSSR count). The molecule has 168 valence electrons. The van der Waals surface area contributed by atoms with Crippen LogP contribution in [-0.4, -0.2) is 17.6 Å². The predicted molar refractivity (Wildman–Crippen MR) is 113 cm³/mol. The third kappa shape index (κ3) is 4.64. The number of nitrogens with zero attached hydrogens (tertiary/aromatic N) is 2. The van der Waals surface area contributed by atoms with E-state index in [4.69, 9.17) is 9.26 Å². The quantitative estimate of drug-likeness (QED) is 0.528. The molecular formula is C24H23F3N2O3. The van der Waals surface area contributed by atoms with Crippen molar-refractivity contribution in [3.8, 4) is 5.75 Å². The molecule has 1 aliphatic rings. The summed E-state index contributed by atoms with van der Waals surface area (Å²) in [6.07, 6.45) is -3.07. The van der Waals surface area contributed by atoms with Crippen molar-refractivity contribution in [3.63, 3.8) is 0 Å². The number of hydrogen-bond donors (Lipinski definition) is 0. The second kappa shape index (κ2) is 8.68. The Balaban J connectivity index is 1.41. The van der Waals surface area contributed by atoms with Crippen LogP contribution in [0.4, 0.5) is 18.9 Å². The van der Waals surface area contributed by atoms with E-state index in [9.17, 15) is 18.0 Å². The Kier molecular flexibility index (Phi) is 5.95. The highest BCUT2D eigenvalue weighted by Gasteiger charge is 2.32. The van der Waals surface area contributed by atoms with Gasteiger partial charge in [0.05, 0.1) is 23.2 Å². The maximum absolute atomic E-state index is 13.0. The van der Waals surface area contributed by atoms with Crippen LogP contribution >= 0.6 is 0 Å². The zero-order chi connectivity index (χ0) is 22.9. The fourth-order valence-corrected chi connectivity index (χ4v) is 3.87. The molecule has 0 radical (unpaired) electrons. The van der Waals surface area contributed by atoms with E-state index in [1.54, 1.807) is 17.0 Å². The Morgan fingerprint density at radius 2 is 1.91 bits per heavy atom. The minimum absolute atomic E-state index is 0.143. The van der Waals surface area contributed by atoms with Crippen LogP contribution in [0, 0.1) is 13.8 Å². The molecule has 0 saturated heterocycles. The van der Waals surface area contributed by atoms with Gasteiger partial charge in [-0.15, -0.1) is 0 Å². The average molecular weight is 444 g/mol. The number of aromatic nitrogens is 1. The molecule has 0 N–H and O–H groups in total. The SMILES string of the molecule is Cc1noc(C)c1COc1ccc(CC(=O)N2CCCc3cc(C(F)(F)F)ccc32)cc1. The van der Waals surface area contributed by atoms with Crippen LogP contribution in [0.5, 0.6) is 5.75 Å². The highest BCUT2D eigenvalue weighted by molar-refractivity contribution is 5.96. The molecular weight excluding hydrogens is 421 g/mol. The largest absolute Gasteiger partial charge is 0.489 e. The van der Waals surface area contributed by atoms with E-state index < -0.39 is 11.7 Å². The third-order valence-electron chi connectivity index (χ3n) is 5.67. The number of aryl methyl sites for hydroxylation is 3. The fraction of sp³-hybridized carbons (Fsp3) is 0.333. The molecule has 0 spiro atoms. The molecule has 0 fully saturated rings. The van der Waals surface area contributed by atoms with Gasteiger partial charge >= 0.3 is 6.18 Å². The molecule has 8 heteroatoms. The standard InChI is InChI=1S/C24H23F3N2O3/c1-15-21(16(2)32-28-15)14-31-20-8-5-17(6-9-20)12-23(30)29-11-3-4-18-13-19(24(25,26)27)7-10-22(18)29/h5-10,13H,3-4,11-12,14H2,1-2H3. The second-order valence-electron chi connectivity index (χ2n) is 7.90. The first-order valence-electron chi connectivity index (χ1n) is 10.4. The number of carbonyl (C=O) groups excluding carboxylic acids is 1. The minimum atomic E-state index is -4.39. The van der Waals surface area contributed by atoms with Crippen LogP contribution in [0.25, 0.3) is 0 Å². The van der Waals surface area contributed by atoms with Gasteiger partial charge in [0.1, 0.15) is 18.1 Å². The smallest absolute Gasteiger partial charge is 0.416 e. The molecule has 0 saturated carbocycles. The van der Waals surface area contributed by atoms with Gasteiger partial charge in [0.25, 0.3) is 0 Å². The van der Waals surface area contributed by atoms with Gasteiger partial charge in [0.15, 0.2) is 0 Å². The van der Waals surface area contributed by atoms with Gasteiger partial charge < -0.3 is 14.2 Å². The van der Waals surface area contributed by atoms with Gasteiger partial charge in [0.2, 0.25) is 5.91 Å². The number of fused-ring (bicyclic) bond motifs is 1. The molecule has 0 bridgehead atoms. The first kappa shape index (κ1) is 21.9. The first-order valence-corrected chi connectivity index (χ1v) is 10.4. The van der Waals surface area contributed by atoms with Gasteiger partial charge in [-0.1, -0.05) is 17.3 Å². The summed E-state index contributed by atoms with van der Waals surface area (Å²) in [5.74, 6) is 1.23. The Morgan fingerprint density at radius 3 is 2.56 bits per heavy atom. The van der Waals surface area contributed by atoms with Crippen molar-refractivity contribution in [2.24, 2.45) is 0 Å². The third-order valence-corrected chi connectivity index (χ3v) is 5.67. The summed E-state index contributed by atoms with van der Waals surface area (Å²) < 4.78 is 49.9. The molecule has 3 aromatic rings. The second-order valence-corrected chi connectivity index (χ2v) is 7.90. The number of ether oxygens (including phenoxy) is 1. The van der Waals surface area contributed by atoms with Crippen molar-refractivity contribution in [2.45, 2.75) is 45.9 Å². The van der Waals surface area contributed by atoms with Crippen LogP contribution in [0.3, 0.4) is 0 Å². The van der Waals surface area contributed by atoms with Crippen molar-refractivity contribution >= 4 is 11.6 Å². The molecule has 32 heavy (non-hydrogen) atoms. The lowest BCUT2D eigenvalue weighted by molar-refractivity contribution is -0.137. The van der Waals surface area contributed by atoms with Gasteiger partial charge in [0, 0.05) is 12.2 Å². The van der Waals surface area contributed by atoms with Crippen molar-refractivity contribution < 1.29 is 27.2 Å². The Hall–Kier alpha value is -3.29. The summed E-state index contributed by atoms with van der Waals surface area (Å²) in [5.41, 5.74) is 2.93. The summed E-state index contributed by atoms with van der Waals surface area (Å²) in [6, 6.07) is 10.8. The van der Waals surface area contributed by atoms with E-state index in [1.165, 1.54) is 6.07 Å². The van der Waals surface area contributed by atoms with Crippen LogP contribution in [0.2, 0.25) is 0 Å². The Labute approximate surface area is 183 Å². The minimum Gasteiger partial charge on any atom is -0.489 e. The van der Waals surface area contributed by atoms with E-state index in [0.717, 1.165) is 29.0 Å². The van der Waals surface area contributed by atoms with E-state index in [1.807, 2.05) is 26.0 Å². The van der Waals surface area contributed by atoms with E-state index in [0.29, 0.717) is 48.8 Å². The number of alkyl halides is 3. The maximum Gasteiger partial charge on any atom is 0.416 e. The molecule has 0 atom stereocenters. The summed E-state index contributed by atoms with van der Waals surface area (Å²) in [6.45, 7) is 4.52. The monoisotopic (exact) mass is 444 g/mol. The van der Waals surface area contributed by atoms with Crippen LogP contribution < -0.4 is 9.64 Å². The topological polar surface area (TPSA) is 55.6 Å². The number of amides is 1. The lowest BCUT2D eigenvalue weighted by Gasteiger charge is -2.30. The van der Waals surface area contributed by atoms with E-state index in [2.05, 4.69) is 5.16 Å². The Bertz CT molecular complexity index is 1100.